The highest BCUT2D eigenvalue weighted by Crippen LogP contribution is 2.35. The molecule has 0 spiro atoms. The normalized spacial score (nSPS) is 22.4. The predicted octanol–water partition coefficient (Wildman–Crippen LogP) is 3.04. The van der Waals surface area contributed by atoms with Gasteiger partial charge in [-0.2, -0.15) is 9.97 Å². The first-order valence-electron chi connectivity index (χ1n) is 13.3. The van der Waals surface area contributed by atoms with Gasteiger partial charge in [0.05, 0.1) is 17.8 Å². The zero-order valence-corrected chi connectivity index (χ0v) is 21.9. The highest BCUT2D eigenvalue weighted by atomic mass is 16.5. The van der Waals surface area contributed by atoms with Crippen LogP contribution in [0.4, 0.5) is 11.5 Å². The Morgan fingerprint density at radius 3 is 2.77 bits per heavy atom. The molecule has 3 aromatic rings. The van der Waals surface area contributed by atoms with Crippen LogP contribution in [0.5, 0.6) is 11.8 Å². The number of nitrogens with one attached hydrogen (secondary N) is 1. The van der Waals surface area contributed by atoms with Gasteiger partial charge >= 0.3 is 6.01 Å². The number of hydrogen-bond donors (Lipinski definition) is 2. The van der Waals surface area contributed by atoms with Gasteiger partial charge in [-0.05, 0) is 50.4 Å². The van der Waals surface area contributed by atoms with E-state index in [1.807, 2.05) is 29.2 Å². The maximum atomic E-state index is 13.5. The topological polar surface area (TPSA) is 111 Å². The largest absolute Gasteiger partial charge is 0.508 e. The van der Waals surface area contributed by atoms with Crippen LogP contribution in [-0.4, -0.2) is 88.1 Å². The first-order valence-corrected chi connectivity index (χ1v) is 13.3. The fourth-order valence-corrected chi connectivity index (χ4v) is 6.02. The van der Waals surface area contributed by atoms with Crippen molar-refractivity contribution in [1.82, 2.24) is 19.8 Å². The summed E-state index contributed by atoms with van der Waals surface area (Å²) in [4.78, 5) is 41.2. The number of hydrogen-bond acceptors (Lipinski definition) is 8. The number of aromatic hydroxyl groups is 1. The molecule has 3 atom stereocenters. The fraction of sp³-hybridized carbons (Fsp3) is 0.379. The summed E-state index contributed by atoms with van der Waals surface area (Å²) in [5.41, 5.74) is 0.661. The lowest BCUT2D eigenvalue weighted by Gasteiger charge is -2.34. The molecule has 4 heterocycles. The van der Waals surface area contributed by atoms with Crippen molar-refractivity contribution >= 4 is 34.1 Å². The summed E-state index contributed by atoms with van der Waals surface area (Å²) < 4.78 is 6.06. The minimum absolute atomic E-state index is 0.0591. The van der Waals surface area contributed by atoms with Crippen LogP contribution >= 0.6 is 0 Å². The summed E-state index contributed by atoms with van der Waals surface area (Å²) >= 11 is 0. The number of phenolic OH excluding ortho intramolecular Hbond substituents is 1. The number of rotatable bonds is 7. The molecule has 2 aromatic carbocycles. The Balaban J connectivity index is 1.29. The number of carbonyl (C=O) groups excluding carboxylic acids is 2. The molecule has 2 N–H and O–H groups in total. The first kappa shape index (κ1) is 25.1. The number of ether oxygens (including phenoxy) is 1. The van der Waals surface area contributed by atoms with Gasteiger partial charge in [0, 0.05) is 36.7 Å². The van der Waals surface area contributed by atoms with E-state index in [2.05, 4.69) is 33.7 Å². The van der Waals surface area contributed by atoms with Gasteiger partial charge in [-0.3, -0.25) is 9.59 Å². The van der Waals surface area contributed by atoms with Crippen molar-refractivity contribution in [2.24, 2.45) is 0 Å². The van der Waals surface area contributed by atoms with E-state index < -0.39 is 5.91 Å². The molecular weight excluding hydrogens is 496 g/mol. The number of likely N-dealkylation sites (tertiary alicyclic amines) is 2. The van der Waals surface area contributed by atoms with E-state index in [1.54, 1.807) is 12.1 Å². The van der Waals surface area contributed by atoms with Crippen LogP contribution in [0.15, 0.2) is 55.1 Å². The van der Waals surface area contributed by atoms with E-state index in [4.69, 9.17) is 9.72 Å². The number of carbonyl (C=O) groups is 2. The second-order valence-corrected chi connectivity index (χ2v) is 10.5. The molecule has 3 fully saturated rings. The summed E-state index contributed by atoms with van der Waals surface area (Å²) in [5, 5.41) is 14.8. The Bertz CT molecular complexity index is 1440. The average Bonchev–Trinajstić information content (AvgIpc) is 3.67. The van der Waals surface area contributed by atoms with Crippen LogP contribution in [0.25, 0.3) is 10.8 Å². The lowest BCUT2D eigenvalue weighted by atomic mass is 10.1. The van der Waals surface area contributed by atoms with E-state index in [1.165, 1.54) is 12.1 Å². The van der Waals surface area contributed by atoms with E-state index in [0.29, 0.717) is 31.2 Å². The Labute approximate surface area is 226 Å². The number of amides is 2. The van der Waals surface area contributed by atoms with E-state index in [0.717, 1.165) is 36.6 Å². The zero-order chi connectivity index (χ0) is 27.1. The number of benzene rings is 2. The molecule has 2 bridgehead atoms. The van der Waals surface area contributed by atoms with E-state index in [-0.39, 0.29) is 41.5 Å². The number of nitrogens with zero attached hydrogens (tertiary/aromatic N) is 5. The minimum Gasteiger partial charge on any atom is -0.508 e. The number of anilines is 2. The highest BCUT2D eigenvalue weighted by Gasteiger charge is 2.45. The van der Waals surface area contributed by atoms with Gasteiger partial charge in [0.25, 0.3) is 5.91 Å². The SMILES string of the molecule is C=CC(=O)N1C[C@@H]2C[C@H]1CN2c1cc(C(=O)Nc2cc(O)cc3ccccc23)nc(OCC2CCCN2C)n1. The molecule has 3 aliphatic rings. The van der Waals surface area contributed by atoms with Gasteiger partial charge in [-0.25, -0.2) is 0 Å². The standard InChI is InChI=1S/C29H32N6O4/c1-3-27(37)35-16-20-12-21(35)15-34(20)26-14-25(31-29(32-26)39-17-19-8-6-10-33(19)2)28(38)30-24-13-22(36)11-18-7-4-5-9-23(18)24/h3-5,7,9,11,13-14,19-21,36H,1,6,8,10,12,15-17H2,2H3,(H,30,38)/t19?,20-,21-/m0/s1. The number of phenols is 1. The van der Waals surface area contributed by atoms with E-state index >= 15 is 0 Å². The van der Waals surface area contributed by atoms with E-state index in [9.17, 15) is 14.7 Å². The molecular formula is C29H32N6O4. The van der Waals surface area contributed by atoms with Gasteiger partial charge in [-0.1, -0.05) is 30.8 Å². The molecule has 0 saturated carbocycles. The molecule has 0 aliphatic carbocycles. The molecule has 3 saturated heterocycles. The third-order valence-corrected chi connectivity index (χ3v) is 8.09. The van der Waals surface area contributed by atoms with Gasteiger partial charge in [0.1, 0.15) is 23.9 Å². The highest BCUT2D eigenvalue weighted by molar-refractivity contribution is 6.09. The summed E-state index contributed by atoms with van der Waals surface area (Å²) in [6, 6.07) is 13.0. The van der Waals surface area contributed by atoms with Crippen LogP contribution in [-0.2, 0) is 4.79 Å². The second kappa shape index (κ2) is 10.2. The molecule has 0 radical (unpaired) electrons. The Morgan fingerprint density at radius 1 is 1.18 bits per heavy atom. The maximum absolute atomic E-state index is 13.5. The molecule has 1 unspecified atom stereocenters. The Kier molecular flexibility index (Phi) is 6.56. The number of aromatic nitrogens is 2. The van der Waals surface area contributed by atoms with Crippen molar-refractivity contribution in [3.8, 4) is 11.8 Å². The third kappa shape index (κ3) is 4.87. The summed E-state index contributed by atoms with van der Waals surface area (Å²) in [6.45, 7) is 6.28. The summed E-state index contributed by atoms with van der Waals surface area (Å²) in [5.74, 6) is 0.172. The zero-order valence-electron chi connectivity index (χ0n) is 21.9. The number of likely N-dealkylation sites (N-methyl/N-ethyl adjacent to an activating group) is 1. The molecule has 10 nitrogen and oxygen atoms in total. The lowest BCUT2D eigenvalue weighted by molar-refractivity contribution is -0.127. The van der Waals surface area contributed by atoms with Gasteiger partial charge < -0.3 is 29.9 Å². The van der Waals surface area contributed by atoms with Crippen LogP contribution in [0, 0.1) is 0 Å². The maximum Gasteiger partial charge on any atom is 0.319 e. The fourth-order valence-electron chi connectivity index (χ4n) is 6.02. The van der Waals surface area contributed by atoms with Crippen molar-refractivity contribution in [3.63, 3.8) is 0 Å². The van der Waals surface area contributed by atoms with Crippen molar-refractivity contribution in [1.29, 1.82) is 0 Å². The van der Waals surface area contributed by atoms with Gasteiger partial charge in [0.15, 0.2) is 0 Å². The van der Waals surface area contributed by atoms with Crippen LogP contribution in [0.2, 0.25) is 0 Å². The Morgan fingerprint density at radius 2 is 2.03 bits per heavy atom. The summed E-state index contributed by atoms with van der Waals surface area (Å²) in [7, 11) is 2.08. The molecule has 10 heteroatoms. The predicted molar refractivity (Wildman–Crippen MR) is 148 cm³/mol. The van der Waals surface area contributed by atoms with Gasteiger partial charge in [-0.15, -0.1) is 0 Å². The summed E-state index contributed by atoms with van der Waals surface area (Å²) in [6.07, 6.45) is 4.35. The smallest absolute Gasteiger partial charge is 0.319 e. The van der Waals surface area contributed by atoms with Crippen molar-refractivity contribution < 1.29 is 19.4 Å². The van der Waals surface area contributed by atoms with Crippen LogP contribution in [0.1, 0.15) is 29.8 Å². The molecule has 2 amide bonds. The van der Waals surface area contributed by atoms with Crippen LogP contribution < -0.4 is 15.0 Å². The number of fused-ring (bicyclic) bond motifs is 3. The van der Waals surface area contributed by atoms with Crippen molar-refractivity contribution in [2.45, 2.75) is 37.4 Å². The van der Waals surface area contributed by atoms with Gasteiger partial charge in [0.2, 0.25) is 5.91 Å². The molecule has 1 aromatic heterocycles. The minimum atomic E-state index is -0.426. The quantitative estimate of drug-likeness (QED) is 0.451. The van der Waals surface area contributed by atoms with Crippen LogP contribution in [0.3, 0.4) is 0 Å². The molecule has 6 rings (SSSR count). The monoisotopic (exact) mass is 528 g/mol. The molecule has 202 valence electrons. The molecule has 39 heavy (non-hydrogen) atoms. The molecule has 3 aliphatic heterocycles. The van der Waals surface area contributed by atoms with Crippen molar-refractivity contribution in [3.05, 3.63) is 60.8 Å². The lowest BCUT2D eigenvalue weighted by Crippen LogP contribution is -2.48. The third-order valence-electron chi connectivity index (χ3n) is 8.09. The number of piperazine rings is 1. The second-order valence-electron chi connectivity index (χ2n) is 10.5. The average molecular weight is 529 g/mol. The Hall–Kier alpha value is -4.18. The first-order chi connectivity index (χ1) is 18.9. The van der Waals surface area contributed by atoms with Crippen molar-refractivity contribution in [2.75, 3.05) is 43.5 Å².